The first-order valence-corrected chi connectivity index (χ1v) is 7.92. The predicted molar refractivity (Wildman–Crippen MR) is 92.8 cm³/mol. The summed E-state index contributed by atoms with van der Waals surface area (Å²) in [6.07, 6.45) is 1.48. The van der Waals surface area contributed by atoms with Crippen LogP contribution in [0, 0.1) is 10.1 Å². The van der Waals surface area contributed by atoms with Crippen molar-refractivity contribution in [3.8, 4) is 0 Å². The molecule has 2 aromatic rings. The fourth-order valence-electron chi connectivity index (χ4n) is 2.44. The number of rotatable bonds is 6. The molecule has 7 nitrogen and oxygen atoms in total. The van der Waals surface area contributed by atoms with E-state index in [1.54, 1.807) is 0 Å². The van der Waals surface area contributed by atoms with Crippen LogP contribution in [0.1, 0.15) is 41.6 Å². The quantitative estimate of drug-likeness (QED) is 0.623. The van der Waals surface area contributed by atoms with Gasteiger partial charge in [0.1, 0.15) is 0 Å². The number of benzene rings is 2. The molecule has 0 radical (unpaired) electrons. The Morgan fingerprint density at radius 3 is 2.24 bits per heavy atom. The molecule has 2 N–H and O–H groups in total. The fourth-order valence-corrected chi connectivity index (χ4v) is 2.44. The minimum atomic E-state index is -0.543. The first kappa shape index (κ1) is 18.1. The molecular weight excluding hydrogens is 322 g/mol. The number of hydrazine groups is 1. The van der Waals surface area contributed by atoms with Crippen LogP contribution in [-0.2, 0) is 4.79 Å². The van der Waals surface area contributed by atoms with Crippen molar-refractivity contribution in [3.63, 3.8) is 0 Å². The Morgan fingerprint density at radius 2 is 1.68 bits per heavy atom. The number of amides is 2. The molecule has 0 aliphatic rings. The molecule has 130 valence electrons. The zero-order valence-corrected chi connectivity index (χ0v) is 13.8. The highest BCUT2D eigenvalue weighted by Crippen LogP contribution is 2.21. The van der Waals surface area contributed by atoms with Crippen molar-refractivity contribution in [2.45, 2.75) is 25.7 Å². The van der Waals surface area contributed by atoms with Crippen molar-refractivity contribution in [2.24, 2.45) is 0 Å². The lowest BCUT2D eigenvalue weighted by Crippen LogP contribution is -2.44. The van der Waals surface area contributed by atoms with Crippen molar-refractivity contribution >= 4 is 17.5 Å². The van der Waals surface area contributed by atoms with Crippen molar-refractivity contribution in [2.75, 3.05) is 0 Å². The normalized spacial score (nSPS) is 11.4. The molecule has 1 atom stereocenters. The minimum absolute atomic E-state index is 0.104. The number of non-ortho nitro benzene ring substituents is 1. The van der Waals surface area contributed by atoms with Gasteiger partial charge in [0.15, 0.2) is 0 Å². The molecule has 2 rings (SSSR count). The highest BCUT2D eigenvalue weighted by Gasteiger charge is 2.20. The second-order valence-electron chi connectivity index (χ2n) is 5.50. The molecule has 0 saturated heterocycles. The summed E-state index contributed by atoms with van der Waals surface area (Å²) < 4.78 is 0. The van der Waals surface area contributed by atoms with Gasteiger partial charge >= 0.3 is 0 Å². The van der Waals surface area contributed by atoms with Gasteiger partial charge in [0.25, 0.3) is 11.6 Å². The van der Waals surface area contributed by atoms with E-state index < -0.39 is 10.8 Å². The van der Waals surface area contributed by atoms with Crippen LogP contribution in [0.25, 0.3) is 0 Å². The molecule has 0 fully saturated rings. The van der Waals surface area contributed by atoms with Crippen molar-refractivity contribution in [3.05, 3.63) is 75.8 Å². The molecule has 0 aliphatic heterocycles. The Kier molecular flexibility index (Phi) is 6.22. The lowest BCUT2D eigenvalue weighted by Gasteiger charge is -2.17. The van der Waals surface area contributed by atoms with Crippen molar-refractivity contribution < 1.29 is 14.5 Å². The summed E-state index contributed by atoms with van der Waals surface area (Å²) in [6.45, 7) is 1.98. The van der Waals surface area contributed by atoms with E-state index in [2.05, 4.69) is 10.9 Å². The summed E-state index contributed by atoms with van der Waals surface area (Å²) in [6, 6.07) is 14.5. The molecule has 0 bridgehead atoms. The number of hydrogen-bond donors (Lipinski definition) is 2. The van der Waals surface area contributed by atoms with Gasteiger partial charge in [-0.05, 0) is 24.1 Å². The zero-order valence-electron chi connectivity index (χ0n) is 13.8. The van der Waals surface area contributed by atoms with Gasteiger partial charge in [-0.15, -0.1) is 0 Å². The van der Waals surface area contributed by atoms with Crippen LogP contribution < -0.4 is 10.9 Å². The third-order valence-corrected chi connectivity index (χ3v) is 3.74. The fraction of sp³-hybridized carbons (Fsp3) is 0.222. The second-order valence-corrected chi connectivity index (χ2v) is 5.50. The minimum Gasteiger partial charge on any atom is -0.273 e. The van der Waals surface area contributed by atoms with Crippen LogP contribution in [0.5, 0.6) is 0 Å². The van der Waals surface area contributed by atoms with E-state index in [1.807, 2.05) is 37.3 Å². The SMILES string of the molecule is CCC[C@@H](C(=O)NNC(=O)c1ccc([N+](=O)[O-])cc1)c1ccccc1. The van der Waals surface area contributed by atoms with Crippen LogP contribution in [0.3, 0.4) is 0 Å². The number of hydrogen-bond acceptors (Lipinski definition) is 4. The van der Waals surface area contributed by atoms with E-state index in [-0.39, 0.29) is 23.1 Å². The maximum absolute atomic E-state index is 12.4. The average molecular weight is 341 g/mol. The Bertz CT molecular complexity index is 745. The van der Waals surface area contributed by atoms with Crippen LogP contribution >= 0.6 is 0 Å². The van der Waals surface area contributed by atoms with E-state index in [0.29, 0.717) is 6.42 Å². The smallest absolute Gasteiger partial charge is 0.269 e. The van der Waals surface area contributed by atoms with E-state index in [9.17, 15) is 19.7 Å². The summed E-state index contributed by atoms with van der Waals surface area (Å²) in [5.74, 6) is -1.20. The molecule has 0 aliphatic carbocycles. The van der Waals surface area contributed by atoms with Crippen molar-refractivity contribution in [1.29, 1.82) is 0 Å². The Morgan fingerprint density at radius 1 is 1.04 bits per heavy atom. The predicted octanol–water partition coefficient (Wildman–Crippen LogP) is 2.94. The maximum Gasteiger partial charge on any atom is 0.269 e. The first-order chi connectivity index (χ1) is 12.0. The molecule has 2 amide bonds. The van der Waals surface area contributed by atoms with E-state index in [1.165, 1.54) is 24.3 Å². The third-order valence-electron chi connectivity index (χ3n) is 3.74. The molecule has 0 spiro atoms. The summed E-state index contributed by atoms with van der Waals surface area (Å²) in [4.78, 5) is 34.5. The van der Waals surface area contributed by atoms with E-state index in [4.69, 9.17) is 0 Å². The molecule has 0 aromatic heterocycles. The number of nitro benzene ring substituents is 1. The molecular formula is C18H19N3O4. The van der Waals surface area contributed by atoms with Gasteiger partial charge in [-0.1, -0.05) is 43.7 Å². The number of carbonyl (C=O) groups excluding carboxylic acids is 2. The Labute approximate surface area is 145 Å². The molecule has 2 aromatic carbocycles. The van der Waals surface area contributed by atoms with Gasteiger partial charge in [0.2, 0.25) is 5.91 Å². The van der Waals surface area contributed by atoms with Gasteiger partial charge in [0.05, 0.1) is 10.8 Å². The number of carbonyl (C=O) groups is 2. The molecule has 0 unspecified atom stereocenters. The lowest BCUT2D eigenvalue weighted by atomic mass is 9.94. The summed E-state index contributed by atoms with van der Waals surface area (Å²) in [5.41, 5.74) is 5.77. The Hall–Kier alpha value is -3.22. The number of nitrogens with one attached hydrogen (secondary N) is 2. The van der Waals surface area contributed by atoms with Crippen LogP contribution in [0.4, 0.5) is 5.69 Å². The maximum atomic E-state index is 12.4. The number of nitrogens with zero attached hydrogens (tertiary/aromatic N) is 1. The van der Waals surface area contributed by atoms with Crippen molar-refractivity contribution in [1.82, 2.24) is 10.9 Å². The highest BCUT2D eigenvalue weighted by atomic mass is 16.6. The van der Waals surface area contributed by atoms with Crippen LogP contribution in [0.15, 0.2) is 54.6 Å². The topological polar surface area (TPSA) is 101 Å². The molecule has 7 heteroatoms. The van der Waals surface area contributed by atoms with Gasteiger partial charge < -0.3 is 0 Å². The third kappa shape index (κ3) is 4.87. The lowest BCUT2D eigenvalue weighted by molar-refractivity contribution is -0.384. The van der Waals surface area contributed by atoms with Gasteiger partial charge in [-0.2, -0.15) is 0 Å². The molecule has 25 heavy (non-hydrogen) atoms. The van der Waals surface area contributed by atoms with Crippen LogP contribution in [0.2, 0.25) is 0 Å². The Balaban J connectivity index is 1.99. The zero-order chi connectivity index (χ0) is 18.2. The van der Waals surface area contributed by atoms with Gasteiger partial charge in [-0.3, -0.25) is 30.6 Å². The second kappa shape index (κ2) is 8.58. The van der Waals surface area contributed by atoms with Gasteiger partial charge in [0, 0.05) is 17.7 Å². The summed E-state index contributed by atoms with van der Waals surface area (Å²) in [7, 11) is 0. The molecule has 0 saturated carbocycles. The highest BCUT2D eigenvalue weighted by molar-refractivity contribution is 5.96. The largest absolute Gasteiger partial charge is 0.273 e. The molecule has 0 heterocycles. The van der Waals surface area contributed by atoms with Gasteiger partial charge in [-0.25, -0.2) is 0 Å². The number of nitro groups is 1. The van der Waals surface area contributed by atoms with E-state index in [0.717, 1.165) is 12.0 Å². The standard InChI is InChI=1S/C18H19N3O4/c1-2-6-16(13-7-4-3-5-8-13)18(23)20-19-17(22)14-9-11-15(12-10-14)21(24)25/h3-5,7-12,16H,2,6H2,1H3,(H,19,22)(H,20,23)/t16-/m1/s1. The summed E-state index contributed by atoms with van der Waals surface area (Å²) >= 11 is 0. The average Bonchev–Trinajstić information content (AvgIpc) is 2.64. The summed E-state index contributed by atoms with van der Waals surface area (Å²) in [5, 5.41) is 10.6. The van der Waals surface area contributed by atoms with Crippen LogP contribution in [-0.4, -0.2) is 16.7 Å². The first-order valence-electron chi connectivity index (χ1n) is 7.92. The van der Waals surface area contributed by atoms with E-state index >= 15 is 0 Å². The monoisotopic (exact) mass is 341 g/mol.